The predicted octanol–water partition coefficient (Wildman–Crippen LogP) is 0.356. The SMILES string of the molecule is CCOCCOC(C)C(=O)N1CCC(N2CCNCC2)C1.Cl. The Morgan fingerprint density at radius 2 is 2.00 bits per heavy atom. The highest BCUT2D eigenvalue weighted by Gasteiger charge is 2.32. The van der Waals surface area contributed by atoms with Gasteiger partial charge in [-0.05, 0) is 20.3 Å². The van der Waals surface area contributed by atoms with Crippen LogP contribution in [-0.4, -0.2) is 86.9 Å². The van der Waals surface area contributed by atoms with Gasteiger partial charge in [0.2, 0.25) is 0 Å². The second-order valence-corrected chi connectivity index (χ2v) is 5.72. The molecule has 0 spiro atoms. The third kappa shape index (κ3) is 5.66. The average molecular weight is 336 g/mol. The van der Waals surface area contributed by atoms with E-state index in [1.54, 1.807) is 0 Å². The minimum absolute atomic E-state index is 0. The van der Waals surface area contributed by atoms with Crippen molar-refractivity contribution in [2.75, 3.05) is 59.1 Å². The molecule has 0 aliphatic carbocycles. The number of hydrogen-bond donors (Lipinski definition) is 1. The third-order valence-electron chi connectivity index (χ3n) is 4.29. The fourth-order valence-corrected chi connectivity index (χ4v) is 3.04. The number of nitrogens with zero attached hydrogens (tertiary/aromatic N) is 2. The molecule has 1 N–H and O–H groups in total. The Morgan fingerprint density at radius 3 is 2.68 bits per heavy atom. The summed E-state index contributed by atoms with van der Waals surface area (Å²) < 4.78 is 10.8. The summed E-state index contributed by atoms with van der Waals surface area (Å²) in [6.45, 7) is 11.5. The van der Waals surface area contributed by atoms with Gasteiger partial charge in [-0.25, -0.2) is 0 Å². The number of ether oxygens (including phenoxy) is 2. The molecule has 0 radical (unpaired) electrons. The Morgan fingerprint density at radius 1 is 1.27 bits per heavy atom. The number of rotatable bonds is 7. The maximum Gasteiger partial charge on any atom is 0.251 e. The maximum absolute atomic E-state index is 12.4. The van der Waals surface area contributed by atoms with E-state index in [1.165, 1.54) is 0 Å². The summed E-state index contributed by atoms with van der Waals surface area (Å²) in [5.41, 5.74) is 0. The largest absolute Gasteiger partial charge is 0.379 e. The topological polar surface area (TPSA) is 54.0 Å². The van der Waals surface area contributed by atoms with Crippen LogP contribution in [0, 0.1) is 0 Å². The normalized spacial score (nSPS) is 24.1. The Hall–Kier alpha value is -0.400. The van der Waals surface area contributed by atoms with E-state index < -0.39 is 0 Å². The Kier molecular flexibility index (Phi) is 9.28. The molecule has 0 aromatic rings. The van der Waals surface area contributed by atoms with E-state index in [2.05, 4.69) is 10.2 Å². The summed E-state index contributed by atoms with van der Waals surface area (Å²) in [5.74, 6) is 0.115. The summed E-state index contributed by atoms with van der Waals surface area (Å²) in [6.07, 6.45) is 0.712. The molecule has 2 rings (SSSR count). The molecule has 0 bridgehead atoms. The lowest BCUT2D eigenvalue weighted by Crippen LogP contribution is -2.49. The van der Waals surface area contributed by atoms with Gasteiger partial charge >= 0.3 is 0 Å². The van der Waals surface area contributed by atoms with Crippen LogP contribution in [0.4, 0.5) is 0 Å². The van der Waals surface area contributed by atoms with Crippen LogP contribution in [0.5, 0.6) is 0 Å². The Bertz CT molecular complexity index is 327. The van der Waals surface area contributed by atoms with E-state index in [1.807, 2.05) is 18.7 Å². The van der Waals surface area contributed by atoms with E-state index >= 15 is 0 Å². The van der Waals surface area contributed by atoms with Crippen LogP contribution >= 0.6 is 12.4 Å². The van der Waals surface area contributed by atoms with E-state index in [9.17, 15) is 4.79 Å². The van der Waals surface area contributed by atoms with E-state index in [4.69, 9.17) is 9.47 Å². The average Bonchev–Trinajstić information content (AvgIpc) is 3.01. The van der Waals surface area contributed by atoms with Gasteiger partial charge in [0.15, 0.2) is 0 Å². The molecular weight excluding hydrogens is 306 g/mol. The lowest BCUT2D eigenvalue weighted by atomic mass is 10.2. The monoisotopic (exact) mass is 335 g/mol. The van der Waals surface area contributed by atoms with Crippen LogP contribution in [0.15, 0.2) is 0 Å². The van der Waals surface area contributed by atoms with Crippen molar-refractivity contribution in [3.63, 3.8) is 0 Å². The Labute approximate surface area is 139 Å². The molecule has 7 heteroatoms. The highest BCUT2D eigenvalue weighted by atomic mass is 35.5. The van der Waals surface area contributed by atoms with Gasteiger partial charge < -0.3 is 19.7 Å². The minimum Gasteiger partial charge on any atom is -0.379 e. The van der Waals surface area contributed by atoms with Crippen LogP contribution in [0.3, 0.4) is 0 Å². The van der Waals surface area contributed by atoms with Crippen molar-refractivity contribution in [2.45, 2.75) is 32.4 Å². The highest BCUT2D eigenvalue weighted by Crippen LogP contribution is 2.17. The van der Waals surface area contributed by atoms with Crippen molar-refractivity contribution in [1.82, 2.24) is 15.1 Å². The molecule has 2 unspecified atom stereocenters. The molecule has 0 aromatic carbocycles. The first-order valence-corrected chi connectivity index (χ1v) is 8.15. The second-order valence-electron chi connectivity index (χ2n) is 5.72. The smallest absolute Gasteiger partial charge is 0.251 e. The summed E-state index contributed by atoms with van der Waals surface area (Å²) in [5, 5.41) is 3.37. The first-order valence-electron chi connectivity index (χ1n) is 8.15. The number of halogens is 1. The second kappa shape index (κ2) is 10.4. The fourth-order valence-electron chi connectivity index (χ4n) is 3.04. The summed E-state index contributed by atoms with van der Waals surface area (Å²) in [4.78, 5) is 16.8. The molecule has 2 fully saturated rings. The van der Waals surface area contributed by atoms with E-state index in [0.717, 1.165) is 45.7 Å². The lowest BCUT2D eigenvalue weighted by molar-refractivity contribution is -0.142. The van der Waals surface area contributed by atoms with Crippen molar-refractivity contribution in [3.05, 3.63) is 0 Å². The van der Waals surface area contributed by atoms with Gasteiger partial charge in [-0.1, -0.05) is 0 Å². The van der Waals surface area contributed by atoms with Crippen LogP contribution in [0.2, 0.25) is 0 Å². The molecule has 6 nitrogen and oxygen atoms in total. The molecule has 2 heterocycles. The standard InChI is InChI=1S/C15H29N3O3.ClH/c1-3-20-10-11-21-13(2)15(19)18-7-4-14(12-18)17-8-5-16-6-9-17;/h13-14,16H,3-12H2,1-2H3;1H. The number of piperazine rings is 1. The lowest BCUT2D eigenvalue weighted by Gasteiger charge is -2.32. The fraction of sp³-hybridized carbons (Fsp3) is 0.933. The Balaban J connectivity index is 0.00000242. The van der Waals surface area contributed by atoms with Crippen molar-refractivity contribution in [1.29, 1.82) is 0 Å². The zero-order valence-corrected chi connectivity index (χ0v) is 14.6. The summed E-state index contributed by atoms with van der Waals surface area (Å²) in [6, 6.07) is 0.520. The van der Waals surface area contributed by atoms with E-state index in [-0.39, 0.29) is 24.4 Å². The van der Waals surface area contributed by atoms with Crippen LogP contribution in [0.25, 0.3) is 0 Å². The zero-order valence-electron chi connectivity index (χ0n) is 13.8. The van der Waals surface area contributed by atoms with Gasteiger partial charge in [-0.2, -0.15) is 0 Å². The maximum atomic E-state index is 12.4. The molecule has 0 aromatic heterocycles. The molecule has 1 amide bonds. The molecule has 2 atom stereocenters. The van der Waals surface area contributed by atoms with Gasteiger partial charge in [-0.15, -0.1) is 12.4 Å². The quantitative estimate of drug-likeness (QED) is 0.681. The summed E-state index contributed by atoms with van der Waals surface area (Å²) in [7, 11) is 0. The van der Waals surface area contributed by atoms with E-state index in [0.29, 0.717) is 25.9 Å². The third-order valence-corrected chi connectivity index (χ3v) is 4.29. The summed E-state index contributed by atoms with van der Waals surface area (Å²) >= 11 is 0. The van der Waals surface area contributed by atoms with Gasteiger partial charge in [0.25, 0.3) is 5.91 Å². The molecule has 22 heavy (non-hydrogen) atoms. The molecule has 0 saturated carbocycles. The minimum atomic E-state index is -0.368. The number of carbonyl (C=O) groups is 1. The van der Waals surface area contributed by atoms with Crippen LogP contribution in [-0.2, 0) is 14.3 Å². The highest BCUT2D eigenvalue weighted by molar-refractivity contribution is 5.85. The van der Waals surface area contributed by atoms with Gasteiger partial charge in [0, 0.05) is 51.9 Å². The number of nitrogens with one attached hydrogen (secondary N) is 1. The van der Waals surface area contributed by atoms with Gasteiger partial charge in [0.05, 0.1) is 13.2 Å². The van der Waals surface area contributed by atoms with Crippen LogP contribution in [0.1, 0.15) is 20.3 Å². The predicted molar refractivity (Wildman–Crippen MR) is 88.6 cm³/mol. The number of likely N-dealkylation sites (tertiary alicyclic amines) is 1. The molecule has 2 aliphatic heterocycles. The first kappa shape index (κ1) is 19.6. The van der Waals surface area contributed by atoms with Gasteiger partial charge in [0.1, 0.15) is 6.10 Å². The van der Waals surface area contributed by atoms with Crippen molar-refractivity contribution >= 4 is 18.3 Å². The van der Waals surface area contributed by atoms with Crippen LogP contribution < -0.4 is 5.32 Å². The number of hydrogen-bond acceptors (Lipinski definition) is 5. The van der Waals surface area contributed by atoms with Crippen molar-refractivity contribution < 1.29 is 14.3 Å². The molecule has 2 saturated heterocycles. The molecule has 2 aliphatic rings. The molecular formula is C15H30ClN3O3. The van der Waals surface area contributed by atoms with Crippen molar-refractivity contribution in [2.24, 2.45) is 0 Å². The van der Waals surface area contributed by atoms with Gasteiger partial charge in [-0.3, -0.25) is 9.69 Å². The molecule has 130 valence electrons. The number of carbonyl (C=O) groups excluding carboxylic acids is 1. The zero-order chi connectivity index (χ0) is 15.1. The number of amides is 1. The van der Waals surface area contributed by atoms with Crippen molar-refractivity contribution in [3.8, 4) is 0 Å². The first-order chi connectivity index (χ1) is 10.2.